The number of phenolic OH excluding ortho intramolecular Hbond substituents is 1. The number of hydrazone groups is 1. The molecule has 0 atom stereocenters. The summed E-state index contributed by atoms with van der Waals surface area (Å²) in [6, 6.07) is 10.6. The van der Waals surface area contributed by atoms with Crippen LogP contribution in [0.5, 0.6) is 5.75 Å². The molecule has 0 unspecified atom stereocenters. The highest BCUT2D eigenvalue weighted by Crippen LogP contribution is 2.32. The standard InChI is InChI=1S/C16H12Cl2N4O2S/c17-10-5-9(6-11(18)15(10)24)7-19-22-14(23)8-25-16-20-12-3-1-2-4-13(12)21-16/h1-7,24H,8H2,(H,20,21)(H,22,23)/b19-7-. The summed E-state index contributed by atoms with van der Waals surface area (Å²) in [7, 11) is 0. The fourth-order valence-corrected chi connectivity index (χ4v) is 3.18. The first kappa shape index (κ1) is 17.6. The zero-order valence-electron chi connectivity index (χ0n) is 12.7. The Morgan fingerprint density at radius 2 is 2.04 bits per heavy atom. The number of aromatic nitrogens is 2. The topological polar surface area (TPSA) is 90.4 Å². The van der Waals surface area contributed by atoms with Gasteiger partial charge in [-0.15, -0.1) is 0 Å². The Morgan fingerprint density at radius 3 is 2.76 bits per heavy atom. The van der Waals surface area contributed by atoms with Crippen LogP contribution in [0, 0.1) is 0 Å². The molecule has 0 bridgehead atoms. The number of benzene rings is 2. The Kier molecular flexibility index (Phi) is 5.47. The number of phenols is 1. The Bertz CT molecular complexity index is 902. The molecule has 6 nitrogen and oxygen atoms in total. The molecule has 0 saturated carbocycles. The molecule has 128 valence electrons. The molecule has 2 aromatic carbocycles. The van der Waals surface area contributed by atoms with E-state index >= 15 is 0 Å². The quantitative estimate of drug-likeness (QED) is 0.348. The normalized spacial score (nSPS) is 11.3. The summed E-state index contributed by atoms with van der Waals surface area (Å²) in [6.07, 6.45) is 1.39. The summed E-state index contributed by atoms with van der Waals surface area (Å²) >= 11 is 12.9. The van der Waals surface area contributed by atoms with E-state index in [9.17, 15) is 9.90 Å². The molecule has 0 fully saturated rings. The lowest BCUT2D eigenvalue weighted by molar-refractivity contribution is -0.118. The second-order valence-electron chi connectivity index (χ2n) is 4.97. The Morgan fingerprint density at radius 1 is 1.32 bits per heavy atom. The number of H-pyrrole nitrogens is 1. The molecule has 1 heterocycles. The third-order valence-corrected chi connectivity index (χ3v) is 4.60. The summed E-state index contributed by atoms with van der Waals surface area (Å²) in [5.41, 5.74) is 4.73. The van der Waals surface area contributed by atoms with Gasteiger partial charge in [-0.3, -0.25) is 4.79 Å². The van der Waals surface area contributed by atoms with Gasteiger partial charge in [0.15, 0.2) is 10.9 Å². The van der Waals surface area contributed by atoms with Crippen LogP contribution in [-0.4, -0.2) is 32.9 Å². The molecule has 3 aromatic rings. The highest BCUT2D eigenvalue weighted by molar-refractivity contribution is 7.99. The number of aromatic amines is 1. The van der Waals surface area contributed by atoms with Crippen molar-refractivity contribution in [2.45, 2.75) is 5.16 Å². The van der Waals surface area contributed by atoms with E-state index in [4.69, 9.17) is 23.2 Å². The predicted molar refractivity (Wildman–Crippen MR) is 101 cm³/mol. The van der Waals surface area contributed by atoms with Crippen molar-refractivity contribution in [2.24, 2.45) is 5.10 Å². The summed E-state index contributed by atoms with van der Waals surface area (Å²) in [5, 5.41) is 14.2. The first-order valence-corrected chi connectivity index (χ1v) is 8.84. The van der Waals surface area contributed by atoms with Crippen LogP contribution in [-0.2, 0) is 4.79 Å². The van der Waals surface area contributed by atoms with Crippen LogP contribution >= 0.6 is 35.0 Å². The highest BCUT2D eigenvalue weighted by Gasteiger charge is 2.07. The first-order valence-electron chi connectivity index (χ1n) is 7.10. The van der Waals surface area contributed by atoms with Gasteiger partial charge < -0.3 is 10.1 Å². The van der Waals surface area contributed by atoms with E-state index in [0.29, 0.717) is 10.7 Å². The number of hydrogen-bond acceptors (Lipinski definition) is 5. The summed E-state index contributed by atoms with van der Waals surface area (Å²) < 4.78 is 0. The number of nitrogens with zero attached hydrogens (tertiary/aromatic N) is 2. The minimum atomic E-state index is -0.280. The van der Waals surface area contributed by atoms with E-state index in [1.807, 2.05) is 24.3 Å². The van der Waals surface area contributed by atoms with Gasteiger partial charge in [-0.2, -0.15) is 5.10 Å². The average Bonchev–Trinajstić information content (AvgIpc) is 3.01. The lowest BCUT2D eigenvalue weighted by Crippen LogP contribution is -2.19. The lowest BCUT2D eigenvalue weighted by atomic mass is 10.2. The lowest BCUT2D eigenvalue weighted by Gasteiger charge is -2.01. The average molecular weight is 395 g/mol. The number of halogens is 2. The first-order chi connectivity index (χ1) is 12.0. The maximum absolute atomic E-state index is 11.8. The number of thioether (sulfide) groups is 1. The molecule has 0 saturated heterocycles. The van der Waals surface area contributed by atoms with Gasteiger partial charge in [-0.1, -0.05) is 47.1 Å². The molecule has 3 N–H and O–H groups in total. The Balaban J connectivity index is 1.54. The summed E-state index contributed by atoms with van der Waals surface area (Å²) in [5.74, 6) is -0.307. The largest absolute Gasteiger partial charge is 0.505 e. The monoisotopic (exact) mass is 394 g/mol. The van der Waals surface area contributed by atoms with Gasteiger partial charge in [0.2, 0.25) is 0 Å². The van der Waals surface area contributed by atoms with E-state index in [0.717, 1.165) is 11.0 Å². The molecular weight excluding hydrogens is 383 g/mol. The van der Waals surface area contributed by atoms with Crippen molar-refractivity contribution in [1.82, 2.24) is 15.4 Å². The molecule has 1 aromatic heterocycles. The minimum Gasteiger partial charge on any atom is -0.505 e. The number of carbonyl (C=O) groups excluding carboxylic acids is 1. The second-order valence-corrected chi connectivity index (χ2v) is 6.75. The minimum absolute atomic E-state index is 0.112. The number of hydrogen-bond donors (Lipinski definition) is 3. The van der Waals surface area contributed by atoms with Crippen molar-refractivity contribution < 1.29 is 9.90 Å². The van der Waals surface area contributed by atoms with Gasteiger partial charge in [0.25, 0.3) is 5.91 Å². The number of nitrogens with one attached hydrogen (secondary N) is 2. The van der Waals surface area contributed by atoms with E-state index < -0.39 is 0 Å². The molecular formula is C16H12Cl2N4O2S. The predicted octanol–water partition coefficient (Wildman–Crippen LogP) is 3.82. The number of imidazole rings is 1. The molecule has 3 rings (SSSR count). The third-order valence-electron chi connectivity index (χ3n) is 3.15. The Hall–Kier alpha value is -2.22. The van der Waals surface area contributed by atoms with Crippen LogP contribution < -0.4 is 5.43 Å². The zero-order valence-corrected chi connectivity index (χ0v) is 15.0. The molecule has 1 amide bonds. The van der Waals surface area contributed by atoms with Crippen LogP contribution in [0.25, 0.3) is 11.0 Å². The molecule has 0 radical (unpaired) electrons. The fraction of sp³-hybridized carbons (Fsp3) is 0.0625. The molecule has 0 aliphatic carbocycles. The van der Waals surface area contributed by atoms with Crippen molar-refractivity contribution in [1.29, 1.82) is 0 Å². The van der Waals surface area contributed by atoms with Gasteiger partial charge in [-0.25, -0.2) is 10.4 Å². The van der Waals surface area contributed by atoms with Crippen LogP contribution in [0.15, 0.2) is 46.7 Å². The van der Waals surface area contributed by atoms with Crippen molar-refractivity contribution in [3.8, 4) is 5.75 Å². The van der Waals surface area contributed by atoms with Crippen LogP contribution in [0.1, 0.15) is 5.56 Å². The third kappa shape index (κ3) is 4.45. The highest BCUT2D eigenvalue weighted by atomic mass is 35.5. The van der Waals surface area contributed by atoms with Gasteiger partial charge in [0.1, 0.15) is 0 Å². The fourth-order valence-electron chi connectivity index (χ4n) is 2.00. The van der Waals surface area contributed by atoms with Gasteiger partial charge >= 0.3 is 0 Å². The van der Waals surface area contributed by atoms with Crippen LogP contribution in [0.2, 0.25) is 10.0 Å². The van der Waals surface area contributed by atoms with Crippen molar-refractivity contribution in [2.75, 3.05) is 5.75 Å². The maximum Gasteiger partial charge on any atom is 0.250 e. The van der Waals surface area contributed by atoms with E-state index in [-0.39, 0.29) is 27.5 Å². The van der Waals surface area contributed by atoms with E-state index in [1.54, 1.807) is 0 Å². The molecule has 0 aliphatic rings. The smallest absolute Gasteiger partial charge is 0.250 e. The van der Waals surface area contributed by atoms with E-state index in [1.165, 1.54) is 30.1 Å². The maximum atomic E-state index is 11.8. The van der Waals surface area contributed by atoms with Gasteiger partial charge in [0, 0.05) is 0 Å². The molecule has 25 heavy (non-hydrogen) atoms. The number of amides is 1. The molecule has 0 aliphatic heterocycles. The van der Waals surface area contributed by atoms with Crippen molar-refractivity contribution in [3.05, 3.63) is 52.0 Å². The molecule has 0 spiro atoms. The summed E-state index contributed by atoms with van der Waals surface area (Å²) in [4.78, 5) is 19.3. The van der Waals surface area contributed by atoms with Crippen LogP contribution in [0.3, 0.4) is 0 Å². The van der Waals surface area contributed by atoms with Crippen molar-refractivity contribution in [3.63, 3.8) is 0 Å². The number of carbonyl (C=O) groups is 1. The van der Waals surface area contributed by atoms with Gasteiger partial charge in [0.05, 0.1) is 33.0 Å². The Labute approximate surface area is 157 Å². The molecule has 9 heteroatoms. The number of fused-ring (bicyclic) bond motifs is 1. The summed E-state index contributed by atoms with van der Waals surface area (Å²) in [6.45, 7) is 0. The second kappa shape index (κ2) is 7.77. The number of rotatable bonds is 5. The van der Waals surface area contributed by atoms with E-state index in [2.05, 4.69) is 20.5 Å². The van der Waals surface area contributed by atoms with Gasteiger partial charge in [-0.05, 0) is 29.8 Å². The number of aromatic hydroxyl groups is 1. The number of para-hydroxylation sites is 2. The van der Waals surface area contributed by atoms with Crippen LogP contribution in [0.4, 0.5) is 0 Å². The zero-order chi connectivity index (χ0) is 17.8. The van der Waals surface area contributed by atoms with Crippen molar-refractivity contribution >= 4 is 58.1 Å². The SMILES string of the molecule is O=C(CSc1nc2ccccc2[nH]1)N/N=C\c1cc(Cl)c(O)c(Cl)c1.